The van der Waals surface area contributed by atoms with Gasteiger partial charge in [0.2, 0.25) is 5.91 Å². The van der Waals surface area contributed by atoms with E-state index in [2.05, 4.69) is 46.8 Å². The summed E-state index contributed by atoms with van der Waals surface area (Å²) in [6, 6.07) is 10.9. The second kappa shape index (κ2) is 8.80. The van der Waals surface area contributed by atoms with Gasteiger partial charge in [0.1, 0.15) is 0 Å². The van der Waals surface area contributed by atoms with Crippen LogP contribution in [-0.4, -0.2) is 43.5 Å². The van der Waals surface area contributed by atoms with Crippen LogP contribution in [-0.2, 0) is 11.3 Å². The van der Waals surface area contributed by atoms with Crippen LogP contribution >= 0.6 is 0 Å². The number of carbonyl (C=O) groups excluding carboxylic acids is 1. The van der Waals surface area contributed by atoms with E-state index in [0.29, 0.717) is 12.5 Å². The van der Waals surface area contributed by atoms with Crippen molar-refractivity contribution in [2.75, 3.05) is 26.7 Å². The van der Waals surface area contributed by atoms with Crippen LogP contribution in [0, 0.1) is 0 Å². The molecule has 1 amide bonds. The molecule has 4 heteroatoms. The van der Waals surface area contributed by atoms with Gasteiger partial charge in [-0.2, -0.15) is 0 Å². The maximum absolute atomic E-state index is 11.8. The predicted molar refractivity (Wildman–Crippen MR) is 86.0 cm³/mol. The number of rotatable bonds is 8. The Morgan fingerprint density at radius 1 is 1.38 bits per heavy atom. The molecule has 0 aliphatic carbocycles. The highest BCUT2D eigenvalue weighted by Gasteiger charge is 2.17. The Morgan fingerprint density at radius 3 is 2.90 bits per heavy atom. The first-order valence-corrected chi connectivity index (χ1v) is 7.96. The lowest BCUT2D eigenvalue weighted by molar-refractivity contribution is -0.121. The van der Waals surface area contributed by atoms with Crippen molar-refractivity contribution >= 4 is 5.91 Å². The van der Waals surface area contributed by atoms with Crippen LogP contribution < -0.4 is 10.6 Å². The summed E-state index contributed by atoms with van der Waals surface area (Å²) >= 11 is 0. The van der Waals surface area contributed by atoms with Gasteiger partial charge >= 0.3 is 0 Å². The molecule has 0 aromatic heterocycles. The molecule has 21 heavy (non-hydrogen) atoms. The van der Waals surface area contributed by atoms with Crippen molar-refractivity contribution in [1.29, 1.82) is 0 Å². The van der Waals surface area contributed by atoms with E-state index in [9.17, 15) is 4.79 Å². The lowest BCUT2D eigenvalue weighted by Crippen LogP contribution is -2.33. The average molecular weight is 289 g/mol. The Kier molecular flexibility index (Phi) is 6.70. The smallest absolute Gasteiger partial charge is 0.221 e. The zero-order chi connectivity index (χ0) is 14.9. The van der Waals surface area contributed by atoms with Crippen LogP contribution in [0.3, 0.4) is 0 Å². The summed E-state index contributed by atoms with van der Waals surface area (Å²) < 4.78 is 0. The number of hydrogen-bond donors (Lipinski definition) is 2. The maximum atomic E-state index is 11.8. The van der Waals surface area contributed by atoms with E-state index in [1.807, 2.05) is 6.07 Å². The van der Waals surface area contributed by atoms with Crippen molar-refractivity contribution in [2.45, 2.75) is 38.3 Å². The zero-order valence-electron chi connectivity index (χ0n) is 13.0. The lowest BCUT2D eigenvalue weighted by atomic mass is 10.1. The highest BCUT2D eigenvalue weighted by molar-refractivity contribution is 5.76. The molecule has 1 aromatic rings. The molecule has 2 N–H and O–H groups in total. The average Bonchev–Trinajstić information content (AvgIpc) is 2.97. The van der Waals surface area contributed by atoms with Crippen molar-refractivity contribution in [3.63, 3.8) is 0 Å². The third-order valence-electron chi connectivity index (χ3n) is 3.93. The van der Waals surface area contributed by atoms with E-state index < -0.39 is 0 Å². The fourth-order valence-electron chi connectivity index (χ4n) is 2.78. The van der Waals surface area contributed by atoms with Crippen LogP contribution in [0.2, 0.25) is 0 Å². The van der Waals surface area contributed by atoms with E-state index >= 15 is 0 Å². The second-order valence-electron chi connectivity index (χ2n) is 5.92. The van der Waals surface area contributed by atoms with Gasteiger partial charge in [-0.15, -0.1) is 0 Å². The Bertz CT molecular complexity index is 415. The number of nitrogens with one attached hydrogen (secondary N) is 2. The number of amides is 1. The minimum Gasteiger partial charge on any atom is -0.356 e. The van der Waals surface area contributed by atoms with E-state index in [1.54, 1.807) is 0 Å². The van der Waals surface area contributed by atoms with Crippen LogP contribution in [0.15, 0.2) is 30.3 Å². The molecule has 0 bridgehead atoms. The Morgan fingerprint density at radius 2 is 2.19 bits per heavy atom. The molecule has 1 aromatic carbocycles. The molecule has 116 valence electrons. The van der Waals surface area contributed by atoms with Gasteiger partial charge in [0.05, 0.1) is 0 Å². The number of nitrogens with zero attached hydrogens (tertiary/aromatic N) is 1. The molecule has 1 aliphatic rings. The standard InChI is InChI=1S/C17H27N3O/c1-20(14-15-7-3-2-4-8-15)12-6-11-19-17(21)13-16-9-5-10-18-16/h2-4,7-8,16,18H,5-6,9-14H2,1H3,(H,19,21). The normalized spacial score (nSPS) is 18.1. The van der Waals surface area contributed by atoms with Crippen molar-refractivity contribution in [1.82, 2.24) is 15.5 Å². The Labute approximate surface area is 127 Å². The van der Waals surface area contributed by atoms with E-state index in [-0.39, 0.29) is 5.91 Å². The highest BCUT2D eigenvalue weighted by atomic mass is 16.1. The van der Waals surface area contributed by atoms with Crippen molar-refractivity contribution in [3.8, 4) is 0 Å². The summed E-state index contributed by atoms with van der Waals surface area (Å²) in [4.78, 5) is 14.1. The molecule has 0 saturated carbocycles. The molecule has 1 saturated heterocycles. The first-order valence-electron chi connectivity index (χ1n) is 7.96. The first kappa shape index (κ1) is 16.0. The van der Waals surface area contributed by atoms with Gasteiger partial charge in [-0.05, 0) is 45.0 Å². The van der Waals surface area contributed by atoms with Gasteiger partial charge in [-0.25, -0.2) is 0 Å². The number of benzene rings is 1. The fourth-order valence-corrected chi connectivity index (χ4v) is 2.78. The third-order valence-corrected chi connectivity index (χ3v) is 3.93. The van der Waals surface area contributed by atoms with Crippen LogP contribution in [0.25, 0.3) is 0 Å². The summed E-state index contributed by atoms with van der Waals surface area (Å²) in [5.41, 5.74) is 1.33. The van der Waals surface area contributed by atoms with Crippen LogP contribution in [0.5, 0.6) is 0 Å². The molecule has 1 unspecified atom stereocenters. The topological polar surface area (TPSA) is 44.4 Å². The molecule has 1 atom stereocenters. The van der Waals surface area contributed by atoms with Gasteiger partial charge < -0.3 is 15.5 Å². The summed E-state index contributed by atoms with van der Waals surface area (Å²) in [6.07, 6.45) is 3.95. The molecule has 1 fully saturated rings. The molecular weight excluding hydrogens is 262 g/mol. The molecule has 2 rings (SSSR count). The van der Waals surface area contributed by atoms with Crippen molar-refractivity contribution < 1.29 is 4.79 Å². The molecule has 0 spiro atoms. The summed E-state index contributed by atoms with van der Waals surface area (Å²) in [5, 5.41) is 6.38. The third kappa shape index (κ3) is 6.27. The van der Waals surface area contributed by atoms with E-state index in [0.717, 1.165) is 39.0 Å². The molecule has 1 aliphatic heterocycles. The van der Waals surface area contributed by atoms with E-state index in [4.69, 9.17) is 0 Å². The Hall–Kier alpha value is -1.39. The zero-order valence-corrected chi connectivity index (χ0v) is 13.0. The predicted octanol–water partition coefficient (Wildman–Crippen LogP) is 1.77. The second-order valence-corrected chi connectivity index (χ2v) is 5.92. The van der Waals surface area contributed by atoms with Gasteiger partial charge in [0.25, 0.3) is 0 Å². The molecule has 1 heterocycles. The first-order chi connectivity index (χ1) is 10.2. The van der Waals surface area contributed by atoms with Gasteiger partial charge in [0, 0.05) is 25.6 Å². The molecule has 4 nitrogen and oxygen atoms in total. The van der Waals surface area contributed by atoms with Gasteiger partial charge in [-0.3, -0.25) is 4.79 Å². The molecule has 0 radical (unpaired) electrons. The minimum atomic E-state index is 0.181. The van der Waals surface area contributed by atoms with E-state index in [1.165, 1.54) is 12.0 Å². The summed E-state index contributed by atoms with van der Waals surface area (Å²) in [5.74, 6) is 0.181. The summed E-state index contributed by atoms with van der Waals surface area (Å²) in [6.45, 7) is 3.78. The maximum Gasteiger partial charge on any atom is 0.221 e. The van der Waals surface area contributed by atoms with Gasteiger partial charge in [-0.1, -0.05) is 30.3 Å². The highest BCUT2D eigenvalue weighted by Crippen LogP contribution is 2.08. The van der Waals surface area contributed by atoms with Crippen molar-refractivity contribution in [2.24, 2.45) is 0 Å². The minimum absolute atomic E-state index is 0.181. The van der Waals surface area contributed by atoms with Crippen molar-refractivity contribution in [3.05, 3.63) is 35.9 Å². The number of hydrogen-bond acceptors (Lipinski definition) is 3. The fraction of sp³-hybridized carbons (Fsp3) is 0.588. The molecular formula is C17H27N3O. The van der Waals surface area contributed by atoms with Crippen LogP contribution in [0.1, 0.15) is 31.2 Å². The SMILES string of the molecule is CN(CCCNC(=O)CC1CCCN1)Cc1ccccc1. The Balaban J connectivity index is 1.53. The largest absolute Gasteiger partial charge is 0.356 e. The number of carbonyl (C=O) groups is 1. The van der Waals surface area contributed by atoms with Crippen LogP contribution in [0.4, 0.5) is 0 Å². The van der Waals surface area contributed by atoms with Gasteiger partial charge in [0.15, 0.2) is 0 Å². The monoisotopic (exact) mass is 289 g/mol. The summed E-state index contributed by atoms with van der Waals surface area (Å²) in [7, 11) is 2.12. The lowest BCUT2D eigenvalue weighted by Gasteiger charge is -2.17. The quantitative estimate of drug-likeness (QED) is 0.717.